The van der Waals surface area contributed by atoms with Gasteiger partial charge in [-0.2, -0.15) is 4.52 Å². The zero-order chi connectivity index (χ0) is 20.5. The quantitative estimate of drug-likeness (QED) is 0.502. The van der Waals surface area contributed by atoms with Gasteiger partial charge in [0.25, 0.3) is 0 Å². The molecule has 0 saturated heterocycles. The minimum absolute atomic E-state index is 0.00590. The SMILES string of the molecule is CC(C)Oc1cccc(N(C)c2nn3c([C@@H](C)c4ccc(O)cc4)nnc3s2)c1. The van der Waals surface area contributed by atoms with Crippen molar-refractivity contribution in [2.24, 2.45) is 0 Å². The fourth-order valence-electron chi connectivity index (χ4n) is 3.09. The Balaban J connectivity index is 1.64. The summed E-state index contributed by atoms with van der Waals surface area (Å²) in [4.78, 5) is 2.75. The van der Waals surface area contributed by atoms with Crippen LogP contribution in [0.25, 0.3) is 4.96 Å². The van der Waals surface area contributed by atoms with Crippen LogP contribution >= 0.6 is 11.3 Å². The van der Waals surface area contributed by atoms with E-state index < -0.39 is 0 Å². The van der Waals surface area contributed by atoms with Crippen LogP contribution in [0.2, 0.25) is 0 Å². The predicted octanol–water partition coefficient (Wildman–Crippen LogP) is 4.60. The second-order valence-electron chi connectivity index (χ2n) is 7.17. The van der Waals surface area contributed by atoms with Crippen LogP contribution < -0.4 is 9.64 Å². The van der Waals surface area contributed by atoms with Gasteiger partial charge in [0.15, 0.2) is 5.82 Å². The highest BCUT2D eigenvalue weighted by Crippen LogP contribution is 2.32. The van der Waals surface area contributed by atoms with Crippen molar-refractivity contribution < 1.29 is 9.84 Å². The molecule has 4 aromatic rings. The number of hydrogen-bond acceptors (Lipinski definition) is 7. The number of fused-ring (bicyclic) bond motifs is 1. The maximum Gasteiger partial charge on any atom is 0.236 e. The molecule has 2 aromatic heterocycles. The van der Waals surface area contributed by atoms with Crippen LogP contribution in [0.3, 0.4) is 0 Å². The van der Waals surface area contributed by atoms with Gasteiger partial charge >= 0.3 is 0 Å². The largest absolute Gasteiger partial charge is 0.508 e. The van der Waals surface area contributed by atoms with Crippen LogP contribution in [0.1, 0.15) is 38.1 Å². The molecule has 2 aromatic carbocycles. The second kappa shape index (κ2) is 7.71. The van der Waals surface area contributed by atoms with Crippen molar-refractivity contribution >= 4 is 27.1 Å². The first kappa shape index (κ1) is 19.2. The Bertz CT molecular complexity index is 1120. The van der Waals surface area contributed by atoms with Gasteiger partial charge in [-0.05, 0) is 43.7 Å². The van der Waals surface area contributed by atoms with Gasteiger partial charge in [0.2, 0.25) is 10.1 Å². The van der Waals surface area contributed by atoms with Crippen molar-refractivity contribution in [3.63, 3.8) is 0 Å². The molecule has 0 aliphatic heterocycles. The fraction of sp³-hybridized carbons (Fsp3) is 0.286. The third-order valence-electron chi connectivity index (χ3n) is 4.65. The highest BCUT2D eigenvalue weighted by Gasteiger charge is 2.20. The van der Waals surface area contributed by atoms with Crippen molar-refractivity contribution in [3.8, 4) is 11.5 Å². The number of rotatable bonds is 6. The standard InChI is InChI=1S/C21H23N5O2S/c1-13(2)28-18-7-5-6-16(12-18)25(4)21-24-26-19(22-23-20(26)29-21)14(3)15-8-10-17(27)11-9-15/h5-14,27H,1-4H3/t14-/m0/s1. The Morgan fingerprint density at radius 3 is 2.55 bits per heavy atom. The summed E-state index contributed by atoms with van der Waals surface area (Å²) in [5.41, 5.74) is 2.03. The third kappa shape index (κ3) is 3.88. The summed E-state index contributed by atoms with van der Waals surface area (Å²) in [7, 11) is 1.98. The lowest BCUT2D eigenvalue weighted by atomic mass is 10.0. The van der Waals surface area contributed by atoms with E-state index in [0.29, 0.717) is 0 Å². The number of anilines is 2. The summed E-state index contributed by atoms with van der Waals surface area (Å²) in [6.45, 7) is 6.07. The van der Waals surface area contributed by atoms with E-state index in [0.717, 1.165) is 32.9 Å². The molecule has 1 atom stereocenters. The molecule has 0 spiro atoms. The molecule has 1 N–H and O–H groups in total. The summed E-state index contributed by atoms with van der Waals surface area (Å²) in [5.74, 6) is 1.83. The van der Waals surface area contributed by atoms with Crippen molar-refractivity contribution in [1.82, 2.24) is 19.8 Å². The van der Waals surface area contributed by atoms with Gasteiger partial charge in [0, 0.05) is 24.7 Å². The Kier molecular flexibility index (Phi) is 5.10. The topological polar surface area (TPSA) is 75.8 Å². The number of aromatic hydroxyl groups is 1. The van der Waals surface area contributed by atoms with E-state index in [-0.39, 0.29) is 17.8 Å². The molecule has 0 radical (unpaired) electrons. The van der Waals surface area contributed by atoms with Crippen molar-refractivity contribution in [2.45, 2.75) is 32.8 Å². The highest BCUT2D eigenvalue weighted by molar-refractivity contribution is 7.20. The van der Waals surface area contributed by atoms with Gasteiger partial charge in [0.1, 0.15) is 11.5 Å². The molecular formula is C21H23N5O2S. The fourth-order valence-corrected chi connectivity index (χ4v) is 3.92. The number of ether oxygens (including phenoxy) is 1. The van der Waals surface area contributed by atoms with Gasteiger partial charge < -0.3 is 14.7 Å². The molecule has 29 heavy (non-hydrogen) atoms. The maximum absolute atomic E-state index is 9.52. The highest BCUT2D eigenvalue weighted by atomic mass is 32.1. The molecule has 4 rings (SSSR count). The number of phenols is 1. The molecule has 150 valence electrons. The number of nitrogens with zero attached hydrogens (tertiary/aromatic N) is 5. The van der Waals surface area contributed by atoms with E-state index in [1.54, 1.807) is 16.6 Å². The van der Waals surface area contributed by atoms with Crippen LogP contribution in [0.15, 0.2) is 48.5 Å². The van der Waals surface area contributed by atoms with Gasteiger partial charge in [0.05, 0.1) is 6.10 Å². The third-order valence-corrected chi connectivity index (χ3v) is 5.62. The molecular weight excluding hydrogens is 386 g/mol. The van der Waals surface area contributed by atoms with Crippen LogP contribution in [0.5, 0.6) is 11.5 Å². The minimum atomic E-state index is -0.00590. The molecule has 0 saturated carbocycles. The smallest absolute Gasteiger partial charge is 0.236 e. The summed E-state index contributed by atoms with van der Waals surface area (Å²) >= 11 is 1.48. The van der Waals surface area contributed by atoms with E-state index in [1.807, 2.05) is 62.2 Å². The monoisotopic (exact) mass is 409 g/mol. The second-order valence-corrected chi connectivity index (χ2v) is 8.11. The van der Waals surface area contributed by atoms with Crippen LogP contribution in [0, 0.1) is 0 Å². The maximum atomic E-state index is 9.52. The summed E-state index contributed by atoms with van der Waals surface area (Å²) in [6, 6.07) is 15.1. The first-order valence-electron chi connectivity index (χ1n) is 9.44. The predicted molar refractivity (Wildman–Crippen MR) is 115 cm³/mol. The normalized spacial score (nSPS) is 12.4. The molecule has 0 fully saturated rings. The number of phenolic OH excluding ortho intramolecular Hbond substituents is 1. The number of aromatic nitrogens is 4. The van der Waals surface area contributed by atoms with E-state index >= 15 is 0 Å². The van der Waals surface area contributed by atoms with E-state index in [1.165, 1.54) is 11.3 Å². The van der Waals surface area contributed by atoms with Crippen LogP contribution in [0.4, 0.5) is 10.8 Å². The van der Waals surface area contributed by atoms with Crippen molar-refractivity contribution in [3.05, 3.63) is 59.9 Å². The molecule has 0 aliphatic carbocycles. The van der Waals surface area contributed by atoms with Crippen LogP contribution in [-0.2, 0) is 0 Å². The van der Waals surface area contributed by atoms with E-state index in [9.17, 15) is 5.11 Å². The lowest BCUT2D eigenvalue weighted by Gasteiger charge is -2.17. The van der Waals surface area contributed by atoms with Crippen molar-refractivity contribution in [2.75, 3.05) is 11.9 Å². The first-order valence-corrected chi connectivity index (χ1v) is 10.3. The molecule has 0 unspecified atom stereocenters. The van der Waals surface area contributed by atoms with Gasteiger partial charge in [-0.15, -0.1) is 15.3 Å². The Morgan fingerprint density at radius 1 is 1.07 bits per heavy atom. The minimum Gasteiger partial charge on any atom is -0.508 e. The zero-order valence-corrected chi connectivity index (χ0v) is 17.6. The summed E-state index contributed by atoms with van der Waals surface area (Å²) in [6.07, 6.45) is 0.119. The molecule has 0 amide bonds. The summed E-state index contributed by atoms with van der Waals surface area (Å²) in [5, 5.41) is 23.7. The number of hydrogen-bond donors (Lipinski definition) is 1. The van der Waals surface area contributed by atoms with Gasteiger partial charge in [-0.25, -0.2) is 0 Å². The molecule has 2 heterocycles. The average Bonchev–Trinajstić information content (AvgIpc) is 3.28. The van der Waals surface area contributed by atoms with Gasteiger partial charge in [-0.3, -0.25) is 0 Å². The molecule has 8 heteroatoms. The Labute approximate surface area is 173 Å². The Hall–Kier alpha value is -3.13. The molecule has 7 nitrogen and oxygen atoms in total. The zero-order valence-electron chi connectivity index (χ0n) is 16.8. The Morgan fingerprint density at radius 2 is 1.83 bits per heavy atom. The van der Waals surface area contributed by atoms with Gasteiger partial charge in [-0.1, -0.05) is 36.5 Å². The van der Waals surface area contributed by atoms with Crippen molar-refractivity contribution in [1.29, 1.82) is 0 Å². The molecule has 0 aliphatic rings. The lowest BCUT2D eigenvalue weighted by Crippen LogP contribution is -2.11. The van der Waals surface area contributed by atoms with E-state index in [4.69, 9.17) is 9.84 Å². The lowest BCUT2D eigenvalue weighted by molar-refractivity contribution is 0.242. The average molecular weight is 410 g/mol. The van der Waals surface area contributed by atoms with E-state index in [2.05, 4.69) is 17.1 Å². The van der Waals surface area contributed by atoms with Crippen LogP contribution in [-0.4, -0.2) is 38.1 Å². The first-order chi connectivity index (χ1) is 13.9. The summed E-state index contributed by atoms with van der Waals surface area (Å²) < 4.78 is 7.60. The number of benzene rings is 2. The molecule has 0 bridgehead atoms.